The summed E-state index contributed by atoms with van der Waals surface area (Å²) in [5, 5.41) is 110. The Labute approximate surface area is 569 Å². The minimum Gasteiger partial charge on any atom is -0.462 e. The Morgan fingerprint density at radius 3 is 1.29 bits per heavy atom. The van der Waals surface area contributed by atoms with Gasteiger partial charge in [-0.3, -0.25) is 23.7 Å². The molecule has 3 heterocycles. The Balaban J connectivity index is 1.33. The van der Waals surface area contributed by atoms with Crippen molar-refractivity contribution in [3.8, 4) is 0 Å². The Morgan fingerprint density at radius 1 is 0.438 bits per heavy atom. The van der Waals surface area contributed by atoms with Gasteiger partial charge in [0.05, 0.1) is 39.6 Å². The first-order chi connectivity index (χ1) is 46.3. The molecule has 3 aliphatic heterocycles. The molecule has 7 unspecified atom stereocenters. The number of rotatable bonds is 56. The van der Waals surface area contributed by atoms with Crippen LogP contribution in [-0.4, -0.2) is 239 Å². The minimum atomic E-state index is -3.73. The van der Waals surface area contributed by atoms with Gasteiger partial charge in [-0.1, -0.05) is 141 Å². The van der Waals surface area contributed by atoms with E-state index in [9.17, 15) is 74.8 Å². The van der Waals surface area contributed by atoms with E-state index in [1.807, 2.05) is 0 Å². The van der Waals surface area contributed by atoms with Gasteiger partial charge >= 0.3 is 19.5 Å². The van der Waals surface area contributed by atoms with Crippen molar-refractivity contribution in [1.82, 2.24) is 10.6 Å². The molecule has 3 fully saturated rings. The fraction of sp³-hybridized carbons (Fsp3) is 0.882. The molecule has 560 valence electrons. The molecule has 3 aliphatic rings. The SMILES string of the molecule is CCCCCCCC/C=C\CCCCCCCC(=O)OC[C@@H](COP(C)(=O)OCCNC(=O)CCCCC(=O)NCCO[C@@H]1OC(CO)[C@@H](O[C@@H]2OC(CO)[C@H](O[C@H]3OC(CO)[C@H](O)[C@H](O)C3O)[C@H](O)C2O)[C@H](O)C1O)OC(=O)CCCCCCC/C=C\CCCCCCCC. The van der Waals surface area contributed by atoms with Crippen molar-refractivity contribution < 1.29 is 122 Å². The van der Waals surface area contributed by atoms with Crippen molar-refractivity contribution >= 4 is 31.3 Å². The van der Waals surface area contributed by atoms with Crippen molar-refractivity contribution in [2.45, 2.75) is 318 Å². The van der Waals surface area contributed by atoms with Crippen LogP contribution >= 0.6 is 7.60 Å². The number of amides is 2. The summed E-state index contributed by atoms with van der Waals surface area (Å²) in [5.41, 5.74) is 0. The molecule has 3 rings (SSSR count). The summed E-state index contributed by atoms with van der Waals surface area (Å²) in [6, 6.07) is 0. The van der Waals surface area contributed by atoms with Gasteiger partial charge in [0.25, 0.3) is 0 Å². The predicted molar refractivity (Wildman–Crippen MR) is 355 cm³/mol. The second kappa shape index (κ2) is 52.8. The van der Waals surface area contributed by atoms with Gasteiger partial charge in [-0.2, -0.15) is 0 Å². The third-order valence-electron chi connectivity index (χ3n) is 17.1. The molecule has 0 saturated carbocycles. The standard InChI is InChI=1S/C68H123N2O25P/c1-4-6-8-10-12-14-16-18-20-22-24-26-28-30-32-38-55(76)87-47-49(90-56(77)39-33-31-29-27-25-23-21-19-17-15-13-11-9-7-5-2)48-89-96(3,85)88-43-41-70-54(75)37-35-34-36-53(74)69-40-42-86-66-62(83)59(80)64(51(45-72)92-66)95-68-63(84)60(81)65(52(46-73)93-68)94-67-61(82)58(79)57(78)50(44-71)91-67/h18-21,49-52,57-68,71-73,78-84H,4-17,22-48H2,1-3H3,(H,69,74)(H,70,75)/b20-18-,21-19-/t49-,50?,51?,52?,57-,58-,59+,60+,61?,62?,63?,64+,65-,66+,67+,68-,96?/m0/s1. The summed E-state index contributed by atoms with van der Waals surface area (Å²) in [6.45, 7) is 2.16. The summed E-state index contributed by atoms with van der Waals surface area (Å²) in [6.07, 6.45) is 12.9. The van der Waals surface area contributed by atoms with Crippen LogP contribution in [0, 0.1) is 0 Å². The fourth-order valence-corrected chi connectivity index (χ4v) is 12.2. The third-order valence-corrected chi connectivity index (χ3v) is 18.4. The number of carbonyl (C=O) groups is 4. The van der Waals surface area contributed by atoms with E-state index in [0.29, 0.717) is 25.7 Å². The highest BCUT2D eigenvalue weighted by Crippen LogP contribution is 2.44. The molecule has 0 bridgehead atoms. The molecule has 0 spiro atoms. The summed E-state index contributed by atoms with van der Waals surface area (Å²) >= 11 is 0. The first-order valence-corrected chi connectivity index (χ1v) is 37.8. The second-order valence-electron chi connectivity index (χ2n) is 25.5. The number of hydrogen-bond donors (Lipinski definition) is 12. The molecular formula is C68H123N2O25P. The lowest BCUT2D eigenvalue weighted by Crippen LogP contribution is -2.66. The molecular weight excluding hydrogens is 1280 g/mol. The van der Waals surface area contributed by atoms with Gasteiger partial charge in [-0.15, -0.1) is 0 Å². The highest BCUT2D eigenvalue weighted by Gasteiger charge is 2.53. The van der Waals surface area contributed by atoms with E-state index in [1.165, 1.54) is 83.7 Å². The third kappa shape index (κ3) is 36.5. The van der Waals surface area contributed by atoms with Crippen LogP contribution in [0.25, 0.3) is 0 Å². The Morgan fingerprint density at radius 2 is 0.823 bits per heavy atom. The number of aliphatic hydroxyl groups excluding tert-OH is 10. The Hall–Kier alpha value is -3.13. The van der Waals surface area contributed by atoms with E-state index in [4.69, 9.17) is 46.9 Å². The van der Waals surface area contributed by atoms with E-state index < -0.39 is 138 Å². The molecule has 3 saturated heterocycles. The maximum absolute atomic E-state index is 13.3. The Bertz CT molecular complexity index is 2150. The first kappa shape index (κ1) is 87.1. The molecule has 12 N–H and O–H groups in total. The number of ether oxygens (including phenoxy) is 8. The number of esters is 2. The van der Waals surface area contributed by atoms with Crippen LogP contribution in [0.3, 0.4) is 0 Å². The Kier molecular flexibility index (Phi) is 47.9. The molecule has 0 radical (unpaired) electrons. The zero-order valence-electron chi connectivity index (χ0n) is 57.6. The average molecular weight is 1400 g/mol. The van der Waals surface area contributed by atoms with E-state index >= 15 is 0 Å². The van der Waals surface area contributed by atoms with E-state index in [-0.39, 0.29) is 77.0 Å². The van der Waals surface area contributed by atoms with Crippen LogP contribution in [0.4, 0.5) is 0 Å². The highest BCUT2D eigenvalue weighted by atomic mass is 31.2. The lowest BCUT2D eigenvalue weighted by Gasteiger charge is -2.48. The lowest BCUT2D eigenvalue weighted by molar-refractivity contribution is -0.379. The molecule has 28 heteroatoms. The first-order valence-electron chi connectivity index (χ1n) is 35.8. The predicted octanol–water partition coefficient (Wildman–Crippen LogP) is 5.63. The van der Waals surface area contributed by atoms with Crippen molar-refractivity contribution in [3.05, 3.63) is 24.3 Å². The quantitative estimate of drug-likeness (QED) is 0.0152. The van der Waals surface area contributed by atoms with Crippen molar-refractivity contribution in [1.29, 1.82) is 0 Å². The van der Waals surface area contributed by atoms with Gasteiger partial charge in [0.1, 0.15) is 79.9 Å². The fourth-order valence-electron chi connectivity index (χ4n) is 11.3. The van der Waals surface area contributed by atoms with Gasteiger partial charge in [-0.25, -0.2) is 0 Å². The zero-order chi connectivity index (χ0) is 70.4. The second-order valence-corrected chi connectivity index (χ2v) is 27.5. The van der Waals surface area contributed by atoms with Crippen LogP contribution in [0.2, 0.25) is 0 Å². The summed E-state index contributed by atoms with van der Waals surface area (Å²) in [4.78, 5) is 51.0. The maximum Gasteiger partial charge on any atom is 0.327 e. The summed E-state index contributed by atoms with van der Waals surface area (Å²) < 4.78 is 69.0. The molecule has 2 amide bonds. The summed E-state index contributed by atoms with van der Waals surface area (Å²) in [7, 11) is -3.73. The minimum absolute atomic E-state index is 0.00501. The average Bonchev–Trinajstić information content (AvgIpc) is 0.789. The monoisotopic (exact) mass is 1400 g/mol. The number of hydrogen-bond acceptors (Lipinski definition) is 25. The van der Waals surface area contributed by atoms with Crippen LogP contribution in [-0.2, 0) is 70.7 Å². The van der Waals surface area contributed by atoms with Gasteiger partial charge < -0.3 is 109 Å². The molecule has 27 nitrogen and oxygen atoms in total. The molecule has 17 atom stereocenters. The van der Waals surface area contributed by atoms with Crippen molar-refractivity contribution in [2.75, 3.05) is 66.0 Å². The van der Waals surface area contributed by atoms with Crippen LogP contribution in [0.5, 0.6) is 0 Å². The highest BCUT2D eigenvalue weighted by molar-refractivity contribution is 7.52. The normalized spacial score (nSPS) is 27.2. The van der Waals surface area contributed by atoms with Crippen LogP contribution < -0.4 is 10.6 Å². The maximum atomic E-state index is 13.3. The van der Waals surface area contributed by atoms with E-state index in [0.717, 1.165) is 77.0 Å². The van der Waals surface area contributed by atoms with Crippen LogP contribution in [0.15, 0.2) is 24.3 Å². The van der Waals surface area contributed by atoms with Crippen molar-refractivity contribution in [3.63, 3.8) is 0 Å². The van der Waals surface area contributed by atoms with Crippen LogP contribution in [0.1, 0.15) is 219 Å². The van der Waals surface area contributed by atoms with E-state index in [1.54, 1.807) is 0 Å². The smallest absolute Gasteiger partial charge is 0.327 e. The number of unbranched alkanes of at least 4 members (excludes halogenated alkanes) is 23. The lowest BCUT2D eigenvalue weighted by atomic mass is 9.96. The molecule has 0 aromatic carbocycles. The molecule has 0 aromatic heterocycles. The summed E-state index contributed by atoms with van der Waals surface area (Å²) in [5.74, 6) is -1.62. The van der Waals surface area contributed by atoms with E-state index in [2.05, 4.69) is 48.8 Å². The zero-order valence-corrected chi connectivity index (χ0v) is 58.5. The van der Waals surface area contributed by atoms with Gasteiger partial charge in [-0.05, 0) is 77.0 Å². The van der Waals surface area contributed by atoms with Gasteiger partial charge in [0, 0.05) is 45.4 Å². The molecule has 0 aliphatic carbocycles. The largest absolute Gasteiger partial charge is 0.462 e. The molecule has 0 aromatic rings. The number of carbonyl (C=O) groups excluding carboxylic acids is 4. The van der Waals surface area contributed by atoms with Gasteiger partial charge in [0.15, 0.2) is 25.0 Å². The van der Waals surface area contributed by atoms with Crippen molar-refractivity contribution in [2.24, 2.45) is 0 Å². The van der Waals surface area contributed by atoms with Gasteiger partial charge in [0.2, 0.25) is 11.8 Å². The number of allylic oxidation sites excluding steroid dienone is 4. The topological polar surface area (TPSA) is 404 Å². The molecule has 96 heavy (non-hydrogen) atoms. The number of nitrogens with one attached hydrogen (secondary N) is 2. The number of aliphatic hydroxyl groups is 10.